The van der Waals surface area contributed by atoms with E-state index in [2.05, 4.69) is 0 Å². The van der Waals surface area contributed by atoms with Gasteiger partial charge in [0.1, 0.15) is 0 Å². The van der Waals surface area contributed by atoms with E-state index in [-0.39, 0.29) is 23.9 Å². The summed E-state index contributed by atoms with van der Waals surface area (Å²) in [7, 11) is -3.54. The molecule has 0 radical (unpaired) electrons. The van der Waals surface area contributed by atoms with Crippen molar-refractivity contribution < 1.29 is 13.5 Å². The second kappa shape index (κ2) is 4.22. The number of rotatable bonds is 3. The van der Waals surface area contributed by atoms with E-state index < -0.39 is 15.6 Å². The Morgan fingerprint density at radius 3 is 2.50 bits per heavy atom. The zero-order valence-electron chi connectivity index (χ0n) is 10.5. The van der Waals surface area contributed by atoms with Gasteiger partial charge < -0.3 is 10.8 Å². The highest BCUT2D eigenvalue weighted by molar-refractivity contribution is 7.89. The molecule has 1 heterocycles. The van der Waals surface area contributed by atoms with E-state index in [9.17, 15) is 13.5 Å². The van der Waals surface area contributed by atoms with Gasteiger partial charge in [0.2, 0.25) is 10.0 Å². The van der Waals surface area contributed by atoms with Crippen molar-refractivity contribution in [3.05, 3.63) is 24.3 Å². The van der Waals surface area contributed by atoms with Gasteiger partial charge in [0, 0.05) is 18.8 Å². The molecule has 0 saturated carbocycles. The second-order valence-electron chi connectivity index (χ2n) is 5.10. The number of anilines is 1. The predicted molar refractivity (Wildman–Crippen MR) is 69.4 cm³/mol. The Balaban J connectivity index is 2.21. The van der Waals surface area contributed by atoms with E-state index in [1.807, 2.05) is 13.8 Å². The lowest BCUT2D eigenvalue weighted by Gasteiger charge is -2.47. The minimum atomic E-state index is -3.54. The zero-order chi connectivity index (χ0) is 13.6. The fourth-order valence-corrected chi connectivity index (χ4v) is 3.54. The predicted octanol–water partition coefficient (Wildman–Crippen LogP) is 0.660. The van der Waals surface area contributed by atoms with Gasteiger partial charge in [-0.3, -0.25) is 0 Å². The Morgan fingerprint density at radius 1 is 1.39 bits per heavy atom. The molecule has 1 saturated heterocycles. The van der Waals surface area contributed by atoms with Crippen LogP contribution in [0, 0.1) is 5.92 Å². The molecule has 18 heavy (non-hydrogen) atoms. The molecule has 100 valence electrons. The number of benzene rings is 1. The highest BCUT2D eigenvalue weighted by Gasteiger charge is 2.49. The first-order valence-corrected chi connectivity index (χ1v) is 7.28. The molecule has 0 spiro atoms. The third-order valence-electron chi connectivity index (χ3n) is 3.47. The lowest BCUT2D eigenvalue weighted by molar-refractivity contribution is -0.0932. The SMILES string of the molecule is CC(C)C1(O)CN(S(=O)(=O)c2cccc(N)c2)C1. The highest BCUT2D eigenvalue weighted by Crippen LogP contribution is 2.33. The van der Waals surface area contributed by atoms with E-state index in [1.54, 1.807) is 12.1 Å². The third-order valence-corrected chi connectivity index (χ3v) is 5.26. The topological polar surface area (TPSA) is 83.6 Å². The molecule has 0 bridgehead atoms. The van der Waals surface area contributed by atoms with Gasteiger partial charge in [-0.1, -0.05) is 19.9 Å². The molecule has 1 aliphatic heterocycles. The van der Waals surface area contributed by atoms with Crippen LogP contribution in [0.1, 0.15) is 13.8 Å². The molecule has 1 aromatic carbocycles. The lowest BCUT2D eigenvalue weighted by Crippen LogP contribution is -2.65. The van der Waals surface area contributed by atoms with E-state index in [0.29, 0.717) is 5.69 Å². The number of nitrogens with zero attached hydrogens (tertiary/aromatic N) is 1. The molecule has 0 aromatic heterocycles. The number of nitrogen functional groups attached to an aromatic ring is 1. The van der Waals surface area contributed by atoms with Gasteiger partial charge in [-0.15, -0.1) is 0 Å². The van der Waals surface area contributed by atoms with Gasteiger partial charge in [0.25, 0.3) is 0 Å². The molecule has 1 aliphatic rings. The van der Waals surface area contributed by atoms with Crippen molar-refractivity contribution in [1.82, 2.24) is 4.31 Å². The smallest absolute Gasteiger partial charge is 0.243 e. The largest absolute Gasteiger partial charge is 0.399 e. The maximum Gasteiger partial charge on any atom is 0.243 e. The summed E-state index contributed by atoms with van der Waals surface area (Å²) >= 11 is 0. The molecule has 0 aliphatic carbocycles. The number of hydrogen-bond donors (Lipinski definition) is 2. The molecule has 0 atom stereocenters. The molecule has 1 fully saturated rings. The molecule has 5 nitrogen and oxygen atoms in total. The van der Waals surface area contributed by atoms with Crippen LogP contribution in [0.4, 0.5) is 5.69 Å². The van der Waals surface area contributed by atoms with E-state index in [4.69, 9.17) is 5.73 Å². The Labute approximate surface area is 107 Å². The first kappa shape index (κ1) is 13.3. The van der Waals surface area contributed by atoms with E-state index in [0.717, 1.165) is 0 Å². The van der Waals surface area contributed by atoms with Crippen molar-refractivity contribution in [2.24, 2.45) is 5.92 Å². The van der Waals surface area contributed by atoms with Gasteiger partial charge in [-0.2, -0.15) is 4.31 Å². The summed E-state index contributed by atoms with van der Waals surface area (Å²) in [6, 6.07) is 6.19. The first-order chi connectivity index (χ1) is 8.25. The van der Waals surface area contributed by atoms with E-state index >= 15 is 0 Å². The quantitative estimate of drug-likeness (QED) is 0.790. The molecule has 6 heteroatoms. The Bertz CT molecular complexity index is 548. The van der Waals surface area contributed by atoms with Crippen LogP contribution in [-0.2, 0) is 10.0 Å². The lowest BCUT2D eigenvalue weighted by atomic mass is 9.85. The molecular formula is C12H18N2O3S. The summed E-state index contributed by atoms with van der Waals surface area (Å²) in [5.74, 6) is 0.0322. The fourth-order valence-electron chi connectivity index (χ4n) is 1.92. The maximum atomic E-state index is 12.2. The van der Waals surface area contributed by atoms with Crippen LogP contribution in [0.15, 0.2) is 29.2 Å². The van der Waals surface area contributed by atoms with Gasteiger partial charge in [0.05, 0.1) is 10.5 Å². The minimum Gasteiger partial charge on any atom is -0.399 e. The average Bonchev–Trinajstić information content (AvgIpc) is 2.24. The summed E-state index contributed by atoms with van der Waals surface area (Å²) in [4.78, 5) is 0.174. The Kier molecular flexibility index (Phi) is 3.12. The molecule has 1 aromatic rings. The van der Waals surface area contributed by atoms with Gasteiger partial charge >= 0.3 is 0 Å². The van der Waals surface area contributed by atoms with Crippen LogP contribution in [-0.4, -0.2) is 36.5 Å². The van der Waals surface area contributed by atoms with Gasteiger partial charge in [-0.05, 0) is 24.1 Å². The number of aliphatic hydroxyl groups is 1. The van der Waals surface area contributed by atoms with Gasteiger partial charge in [-0.25, -0.2) is 8.42 Å². The Morgan fingerprint density at radius 2 is 2.00 bits per heavy atom. The monoisotopic (exact) mass is 270 g/mol. The second-order valence-corrected chi connectivity index (χ2v) is 7.04. The van der Waals surface area contributed by atoms with Crippen molar-refractivity contribution in [3.63, 3.8) is 0 Å². The Hall–Kier alpha value is -1.11. The molecule has 2 rings (SSSR count). The van der Waals surface area contributed by atoms with E-state index in [1.165, 1.54) is 16.4 Å². The van der Waals surface area contributed by atoms with Crippen LogP contribution in [0.5, 0.6) is 0 Å². The van der Waals surface area contributed by atoms with Crippen molar-refractivity contribution >= 4 is 15.7 Å². The van der Waals surface area contributed by atoms with Crippen molar-refractivity contribution in [1.29, 1.82) is 0 Å². The van der Waals surface area contributed by atoms with Crippen LogP contribution in [0.3, 0.4) is 0 Å². The zero-order valence-corrected chi connectivity index (χ0v) is 11.3. The average molecular weight is 270 g/mol. The number of sulfonamides is 1. The molecular weight excluding hydrogens is 252 g/mol. The number of β-amino-alcohol motifs (C(OH)–C–C–N with tert-alkyl or cyclic N) is 1. The van der Waals surface area contributed by atoms with Crippen molar-refractivity contribution in [2.75, 3.05) is 18.8 Å². The summed E-state index contributed by atoms with van der Waals surface area (Å²) in [6.07, 6.45) is 0. The highest BCUT2D eigenvalue weighted by atomic mass is 32.2. The van der Waals surface area contributed by atoms with Crippen LogP contribution in [0.2, 0.25) is 0 Å². The normalized spacial score (nSPS) is 19.8. The third kappa shape index (κ3) is 2.11. The van der Waals surface area contributed by atoms with Crippen molar-refractivity contribution in [3.8, 4) is 0 Å². The molecule has 0 amide bonds. The minimum absolute atomic E-state index is 0.0322. The van der Waals surface area contributed by atoms with Crippen molar-refractivity contribution in [2.45, 2.75) is 24.3 Å². The van der Waals surface area contributed by atoms with Crippen LogP contribution < -0.4 is 5.73 Å². The number of nitrogens with two attached hydrogens (primary N) is 1. The van der Waals surface area contributed by atoms with Crippen LogP contribution in [0.25, 0.3) is 0 Å². The molecule has 3 N–H and O–H groups in total. The molecule has 0 unspecified atom stereocenters. The maximum absolute atomic E-state index is 12.2. The van der Waals surface area contributed by atoms with Crippen LogP contribution >= 0.6 is 0 Å². The summed E-state index contributed by atoms with van der Waals surface area (Å²) < 4.78 is 25.8. The first-order valence-electron chi connectivity index (χ1n) is 5.84. The fraction of sp³-hybridized carbons (Fsp3) is 0.500. The summed E-state index contributed by atoms with van der Waals surface area (Å²) in [5, 5.41) is 10.1. The summed E-state index contributed by atoms with van der Waals surface area (Å²) in [5.41, 5.74) is 5.09. The number of hydrogen-bond acceptors (Lipinski definition) is 4. The van der Waals surface area contributed by atoms with Gasteiger partial charge in [0.15, 0.2) is 0 Å². The standard InChI is InChI=1S/C12H18N2O3S/c1-9(2)12(15)7-14(8-12)18(16,17)11-5-3-4-10(13)6-11/h3-6,9,15H,7-8,13H2,1-2H3. The summed E-state index contributed by atoms with van der Waals surface area (Å²) in [6.45, 7) is 4.04.